The zero-order valence-electron chi connectivity index (χ0n) is 10.4. The van der Waals surface area contributed by atoms with Gasteiger partial charge in [-0.2, -0.15) is 0 Å². The number of hydrogen-bond donors (Lipinski definition) is 2. The SMILES string of the molecule is CN(C[C@H](N)C[C@H]1CCC(=O)N(C)C1)C(=O)O. The van der Waals surface area contributed by atoms with E-state index in [-0.39, 0.29) is 11.9 Å². The van der Waals surface area contributed by atoms with E-state index >= 15 is 0 Å². The molecule has 1 aliphatic heterocycles. The quantitative estimate of drug-likeness (QED) is 0.737. The van der Waals surface area contributed by atoms with Gasteiger partial charge in [-0.25, -0.2) is 4.79 Å². The number of likely N-dealkylation sites (N-methyl/N-ethyl adjacent to an activating group) is 1. The monoisotopic (exact) mass is 243 g/mol. The Morgan fingerprint density at radius 1 is 1.71 bits per heavy atom. The highest BCUT2D eigenvalue weighted by Gasteiger charge is 2.25. The number of hydrogen-bond acceptors (Lipinski definition) is 3. The molecule has 6 nitrogen and oxygen atoms in total. The van der Waals surface area contributed by atoms with E-state index in [1.54, 1.807) is 11.9 Å². The second-order valence-corrected chi connectivity index (χ2v) is 4.84. The molecule has 1 heterocycles. The summed E-state index contributed by atoms with van der Waals surface area (Å²) in [6, 6.07) is -0.164. The number of rotatable bonds is 4. The molecule has 0 aliphatic carbocycles. The third kappa shape index (κ3) is 4.22. The van der Waals surface area contributed by atoms with Crippen LogP contribution in [0.3, 0.4) is 0 Å². The molecule has 0 unspecified atom stereocenters. The lowest BCUT2D eigenvalue weighted by molar-refractivity contribution is -0.133. The molecular weight excluding hydrogens is 222 g/mol. The Balaban J connectivity index is 2.34. The molecule has 0 bridgehead atoms. The van der Waals surface area contributed by atoms with Crippen LogP contribution in [-0.2, 0) is 4.79 Å². The predicted molar refractivity (Wildman–Crippen MR) is 63.6 cm³/mol. The number of piperidine rings is 1. The van der Waals surface area contributed by atoms with Crippen molar-refractivity contribution in [2.45, 2.75) is 25.3 Å². The van der Waals surface area contributed by atoms with Crippen LogP contribution >= 0.6 is 0 Å². The highest BCUT2D eigenvalue weighted by Crippen LogP contribution is 2.20. The third-order valence-electron chi connectivity index (χ3n) is 3.20. The molecule has 3 N–H and O–H groups in total. The molecular formula is C11H21N3O3. The number of nitrogens with zero attached hydrogens (tertiary/aromatic N) is 2. The molecule has 0 aromatic carbocycles. The fraction of sp³-hybridized carbons (Fsp3) is 0.818. The van der Waals surface area contributed by atoms with E-state index in [0.717, 1.165) is 19.4 Å². The molecule has 17 heavy (non-hydrogen) atoms. The number of likely N-dealkylation sites (tertiary alicyclic amines) is 1. The number of carbonyl (C=O) groups is 2. The van der Waals surface area contributed by atoms with E-state index < -0.39 is 6.09 Å². The summed E-state index contributed by atoms with van der Waals surface area (Å²) in [5.74, 6) is 0.562. The molecule has 6 heteroatoms. The summed E-state index contributed by atoms with van der Waals surface area (Å²) in [5.41, 5.74) is 5.91. The molecule has 0 spiro atoms. The van der Waals surface area contributed by atoms with E-state index in [1.807, 2.05) is 0 Å². The minimum absolute atomic E-state index is 0.164. The highest BCUT2D eigenvalue weighted by molar-refractivity contribution is 5.76. The molecule has 0 radical (unpaired) electrons. The van der Waals surface area contributed by atoms with Crippen molar-refractivity contribution in [1.29, 1.82) is 0 Å². The Morgan fingerprint density at radius 3 is 2.88 bits per heavy atom. The molecule has 2 atom stereocenters. The van der Waals surface area contributed by atoms with Crippen molar-refractivity contribution in [2.75, 3.05) is 27.2 Å². The van der Waals surface area contributed by atoms with Crippen LogP contribution < -0.4 is 5.73 Å². The Hall–Kier alpha value is -1.30. The standard InChI is InChI=1S/C11H21N3O3/c1-13-6-8(3-4-10(13)15)5-9(12)7-14(2)11(16)17/h8-9H,3-7,12H2,1-2H3,(H,16,17)/t8-,9-/m1/s1. The second kappa shape index (κ2) is 5.86. The number of carboxylic acid groups (broad SMARTS) is 1. The van der Waals surface area contributed by atoms with Crippen molar-refractivity contribution in [2.24, 2.45) is 11.7 Å². The minimum Gasteiger partial charge on any atom is -0.465 e. The van der Waals surface area contributed by atoms with Gasteiger partial charge in [-0.15, -0.1) is 0 Å². The molecule has 0 aromatic heterocycles. The van der Waals surface area contributed by atoms with Gasteiger partial charge in [-0.3, -0.25) is 4.79 Å². The van der Waals surface area contributed by atoms with Crippen LogP contribution in [0.4, 0.5) is 4.79 Å². The number of nitrogens with two attached hydrogens (primary N) is 1. The lowest BCUT2D eigenvalue weighted by atomic mass is 9.91. The van der Waals surface area contributed by atoms with Crippen LogP contribution in [0.15, 0.2) is 0 Å². The Morgan fingerprint density at radius 2 is 2.35 bits per heavy atom. The van der Waals surface area contributed by atoms with Crippen LogP contribution in [0, 0.1) is 5.92 Å². The molecule has 1 fully saturated rings. The maximum Gasteiger partial charge on any atom is 0.407 e. The van der Waals surface area contributed by atoms with Crippen molar-refractivity contribution in [1.82, 2.24) is 9.80 Å². The number of carbonyl (C=O) groups excluding carboxylic acids is 1. The highest BCUT2D eigenvalue weighted by atomic mass is 16.4. The molecule has 1 aliphatic rings. The van der Waals surface area contributed by atoms with Gasteiger partial charge in [-0.05, 0) is 18.8 Å². The zero-order chi connectivity index (χ0) is 13.0. The average molecular weight is 243 g/mol. The topological polar surface area (TPSA) is 86.9 Å². The first-order chi connectivity index (χ1) is 7.90. The normalized spacial score (nSPS) is 22.4. The van der Waals surface area contributed by atoms with Gasteiger partial charge >= 0.3 is 6.09 Å². The average Bonchev–Trinajstić information content (AvgIpc) is 2.23. The Labute approximate surface area is 101 Å². The van der Waals surface area contributed by atoms with Crippen LogP contribution in [0.5, 0.6) is 0 Å². The summed E-state index contributed by atoms with van der Waals surface area (Å²) in [4.78, 5) is 24.9. The van der Waals surface area contributed by atoms with E-state index in [1.165, 1.54) is 11.9 Å². The van der Waals surface area contributed by atoms with Gasteiger partial charge in [0.2, 0.25) is 5.91 Å². The van der Waals surface area contributed by atoms with Crippen molar-refractivity contribution in [3.8, 4) is 0 Å². The molecule has 2 amide bonds. The maximum absolute atomic E-state index is 11.3. The van der Waals surface area contributed by atoms with Crippen LogP contribution in [0.1, 0.15) is 19.3 Å². The predicted octanol–water partition coefficient (Wildman–Crippen LogP) is 0.182. The van der Waals surface area contributed by atoms with Gasteiger partial charge in [0.15, 0.2) is 0 Å². The van der Waals surface area contributed by atoms with Crippen molar-refractivity contribution >= 4 is 12.0 Å². The van der Waals surface area contributed by atoms with Crippen LogP contribution in [0.2, 0.25) is 0 Å². The summed E-state index contributed by atoms with van der Waals surface area (Å²) in [7, 11) is 3.31. The lowest BCUT2D eigenvalue weighted by Crippen LogP contribution is -2.43. The van der Waals surface area contributed by atoms with Gasteiger partial charge in [0.25, 0.3) is 0 Å². The Bertz CT molecular complexity index is 296. The van der Waals surface area contributed by atoms with Gasteiger partial charge in [0.1, 0.15) is 0 Å². The first-order valence-electron chi connectivity index (χ1n) is 5.83. The fourth-order valence-electron chi connectivity index (χ4n) is 2.22. The van der Waals surface area contributed by atoms with E-state index in [9.17, 15) is 9.59 Å². The molecule has 0 aromatic rings. The third-order valence-corrected chi connectivity index (χ3v) is 3.20. The smallest absolute Gasteiger partial charge is 0.407 e. The van der Waals surface area contributed by atoms with Gasteiger partial charge in [0.05, 0.1) is 0 Å². The van der Waals surface area contributed by atoms with Crippen LogP contribution in [0.25, 0.3) is 0 Å². The largest absolute Gasteiger partial charge is 0.465 e. The van der Waals surface area contributed by atoms with Crippen LogP contribution in [-0.4, -0.2) is 60.1 Å². The molecule has 0 saturated carbocycles. The first kappa shape index (κ1) is 13.8. The summed E-state index contributed by atoms with van der Waals surface area (Å²) in [6.07, 6.45) is 1.22. The zero-order valence-corrected chi connectivity index (χ0v) is 10.4. The van der Waals surface area contributed by atoms with Gasteiger partial charge in [0, 0.05) is 39.6 Å². The second-order valence-electron chi connectivity index (χ2n) is 4.84. The molecule has 1 rings (SSSR count). The minimum atomic E-state index is -0.962. The summed E-state index contributed by atoms with van der Waals surface area (Å²) in [6.45, 7) is 1.06. The Kier molecular flexibility index (Phi) is 4.74. The first-order valence-corrected chi connectivity index (χ1v) is 5.83. The van der Waals surface area contributed by atoms with Gasteiger partial charge in [-0.1, -0.05) is 0 Å². The summed E-state index contributed by atoms with van der Waals surface area (Å²) >= 11 is 0. The maximum atomic E-state index is 11.3. The molecule has 1 saturated heterocycles. The van der Waals surface area contributed by atoms with Gasteiger partial charge < -0.3 is 20.6 Å². The lowest BCUT2D eigenvalue weighted by Gasteiger charge is -2.31. The summed E-state index contributed by atoms with van der Waals surface area (Å²) in [5, 5.41) is 8.73. The summed E-state index contributed by atoms with van der Waals surface area (Å²) < 4.78 is 0. The van der Waals surface area contributed by atoms with Crippen molar-refractivity contribution < 1.29 is 14.7 Å². The fourth-order valence-corrected chi connectivity index (χ4v) is 2.22. The number of amides is 2. The van der Waals surface area contributed by atoms with Crippen molar-refractivity contribution in [3.63, 3.8) is 0 Å². The van der Waals surface area contributed by atoms with E-state index in [4.69, 9.17) is 10.8 Å². The molecule has 98 valence electrons. The van der Waals surface area contributed by atoms with Crippen molar-refractivity contribution in [3.05, 3.63) is 0 Å². The van der Waals surface area contributed by atoms with E-state index in [0.29, 0.717) is 18.9 Å². The van der Waals surface area contributed by atoms with E-state index in [2.05, 4.69) is 0 Å².